The van der Waals surface area contributed by atoms with E-state index in [2.05, 4.69) is 37.5 Å². The molecule has 0 unspecified atom stereocenters. The quantitative estimate of drug-likeness (QED) is 0.562. The highest BCUT2D eigenvalue weighted by molar-refractivity contribution is 5.43. The Morgan fingerprint density at radius 3 is 2.38 bits per heavy atom. The van der Waals surface area contributed by atoms with Crippen molar-refractivity contribution in [2.45, 2.75) is 45.4 Å². The van der Waals surface area contributed by atoms with Crippen LogP contribution in [0.3, 0.4) is 0 Å². The fourth-order valence-electron chi connectivity index (χ4n) is 3.26. The van der Waals surface area contributed by atoms with Gasteiger partial charge in [-0.25, -0.2) is 5.84 Å². The van der Waals surface area contributed by atoms with E-state index in [1.807, 2.05) is 0 Å². The number of anilines is 3. The molecule has 1 saturated heterocycles. The summed E-state index contributed by atoms with van der Waals surface area (Å²) in [4.78, 5) is 15.4. The number of aromatic nitrogens is 3. The zero-order valence-electron chi connectivity index (χ0n) is 12.7. The van der Waals surface area contributed by atoms with Gasteiger partial charge in [0.05, 0.1) is 0 Å². The number of nitrogens with one attached hydrogen (secondary N) is 2. The third-order valence-electron chi connectivity index (χ3n) is 4.63. The maximum atomic E-state index is 5.48. The zero-order valence-corrected chi connectivity index (χ0v) is 12.7. The van der Waals surface area contributed by atoms with Crippen LogP contribution >= 0.6 is 0 Å². The first-order chi connectivity index (χ1) is 10.2. The average Bonchev–Trinajstić information content (AvgIpc) is 3.17. The van der Waals surface area contributed by atoms with Crippen molar-refractivity contribution in [3.63, 3.8) is 0 Å². The number of hydrogen-bond donors (Lipinski definition) is 3. The molecule has 0 atom stereocenters. The summed E-state index contributed by atoms with van der Waals surface area (Å²) >= 11 is 0. The van der Waals surface area contributed by atoms with Crippen molar-refractivity contribution in [2.75, 3.05) is 35.3 Å². The summed E-state index contributed by atoms with van der Waals surface area (Å²) in [6.07, 6.45) is 7.57. The number of nitrogens with zero attached hydrogens (tertiary/aromatic N) is 4. The molecular weight excluding hydrogens is 266 g/mol. The largest absolute Gasteiger partial charge is 0.353 e. The standard InChI is InChI=1S/C14H25N7/c1-14(6-2-3-7-14)10-16-11-17-12(20-15)19-13(18-11)21-8-4-5-9-21/h2-10,15H2,1H3,(H2,16,17,18,19,20). The van der Waals surface area contributed by atoms with Crippen LogP contribution in [0.4, 0.5) is 17.8 Å². The lowest BCUT2D eigenvalue weighted by Crippen LogP contribution is -2.26. The molecule has 1 aliphatic carbocycles. The minimum atomic E-state index is 0.358. The molecule has 0 spiro atoms. The summed E-state index contributed by atoms with van der Waals surface area (Å²) in [6.45, 7) is 5.24. The van der Waals surface area contributed by atoms with Gasteiger partial charge in [-0.15, -0.1) is 0 Å². The van der Waals surface area contributed by atoms with Gasteiger partial charge in [0.1, 0.15) is 0 Å². The third-order valence-corrected chi connectivity index (χ3v) is 4.63. The first-order valence-corrected chi connectivity index (χ1v) is 7.90. The molecule has 116 valence electrons. The number of nitrogen functional groups attached to an aromatic ring is 1. The van der Waals surface area contributed by atoms with Gasteiger partial charge >= 0.3 is 0 Å². The molecule has 0 amide bonds. The highest BCUT2D eigenvalue weighted by atomic mass is 15.4. The summed E-state index contributed by atoms with van der Waals surface area (Å²) < 4.78 is 0. The van der Waals surface area contributed by atoms with Gasteiger partial charge in [-0.2, -0.15) is 15.0 Å². The molecule has 1 aromatic rings. The first-order valence-electron chi connectivity index (χ1n) is 7.90. The van der Waals surface area contributed by atoms with Crippen LogP contribution < -0.4 is 21.5 Å². The molecule has 0 aromatic carbocycles. The van der Waals surface area contributed by atoms with Crippen LogP contribution in [-0.2, 0) is 0 Å². The monoisotopic (exact) mass is 291 g/mol. The topological polar surface area (TPSA) is 92.0 Å². The van der Waals surface area contributed by atoms with Crippen molar-refractivity contribution < 1.29 is 0 Å². The van der Waals surface area contributed by atoms with E-state index in [0.29, 0.717) is 17.3 Å². The van der Waals surface area contributed by atoms with E-state index >= 15 is 0 Å². The first kappa shape index (κ1) is 14.3. The van der Waals surface area contributed by atoms with E-state index in [9.17, 15) is 0 Å². The second-order valence-electron chi connectivity index (χ2n) is 6.49. The molecule has 4 N–H and O–H groups in total. The summed E-state index contributed by atoms with van der Waals surface area (Å²) in [6, 6.07) is 0. The van der Waals surface area contributed by atoms with Gasteiger partial charge < -0.3 is 10.2 Å². The Morgan fingerprint density at radius 2 is 1.71 bits per heavy atom. The van der Waals surface area contributed by atoms with E-state index in [4.69, 9.17) is 5.84 Å². The smallest absolute Gasteiger partial charge is 0.243 e. The Kier molecular flexibility index (Phi) is 4.10. The normalized spacial score (nSPS) is 20.8. The SMILES string of the molecule is CC1(CNc2nc(NN)nc(N3CCCC3)n2)CCCC1. The van der Waals surface area contributed by atoms with Crippen LogP contribution in [0.5, 0.6) is 0 Å². The Bertz CT molecular complexity index is 478. The van der Waals surface area contributed by atoms with Crippen molar-refractivity contribution in [3.8, 4) is 0 Å². The fourth-order valence-corrected chi connectivity index (χ4v) is 3.26. The van der Waals surface area contributed by atoms with E-state index in [0.717, 1.165) is 25.6 Å². The minimum Gasteiger partial charge on any atom is -0.353 e. The summed E-state index contributed by atoms with van der Waals surface area (Å²) in [5.74, 6) is 7.24. The van der Waals surface area contributed by atoms with Crippen molar-refractivity contribution >= 4 is 17.8 Å². The average molecular weight is 291 g/mol. The van der Waals surface area contributed by atoms with Gasteiger partial charge in [0.25, 0.3) is 0 Å². The lowest BCUT2D eigenvalue weighted by atomic mass is 9.89. The lowest BCUT2D eigenvalue weighted by molar-refractivity contribution is 0.361. The minimum absolute atomic E-state index is 0.358. The predicted octanol–water partition coefficient (Wildman–Crippen LogP) is 1.75. The molecule has 1 saturated carbocycles. The van der Waals surface area contributed by atoms with Crippen LogP contribution in [0, 0.1) is 5.41 Å². The maximum absolute atomic E-state index is 5.48. The van der Waals surface area contributed by atoms with Crippen molar-refractivity contribution in [2.24, 2.45) is 11.3 Å². The molecule has 1 aliphatic heterocycles. The number of hydrogen-bond acceptors (Lipinski definition) is 7. The fraction of sp³-hybridized carbons (Fsp3) is 0.786. The Morgan fingerprint density at radius 1 is 1.05 bits per heavy atom. The van der Waals surface area contributed by atoms with Crippen molar-refractivity contribution in [1.29, 1.82) is 0 Å². The molecule has 1 aromatic heterocycles. The van der Waals surface area contributed by atoms with E-state index in [1.165, 1.54) is 38.5 Å². The van der Waals surface area contributed by atoms with Crippen LogP contribution in [0.2, 0.25) is 0 Å². The molecular formula is C14H25N7. The molecule has 7 heteroatoms. The van der Waals surface area contributed by atoms with Gasteiger partial charge in [0, 0.05) is 19.6 Å². The number of nitrogens with two attached hydrogens (primary N) is 1. The van der Waals surface area contributed by atoms with Crippen LogP contribution in [0.1, 0.15) is 45.4 Å². The maximum Gasteiger partial charge on any atom is 0.243 e. The van der Waals surface area contributed by atoms with Gasteiger partial charge in [0.15, 0.2) is 0 Å². The van der Waals surface area contributed by atoms with Crippen LogP contribution in [0.15, 0.2) is 0 Å². The second-order valence-corrected chi connectivity index (χ2v) is 6.49. The van der Waals surface area contributed by atoms with E-state index in [-0.39, 0.29) is 0 Å². The summed E-state index contributed by atoms with van der Waals surface area (Å²) in [7, 11) is 0. The highest BCUT2D eigenvalue weighted by Gasteiger charge is 2.28. The van der Waals surface area contributed by atoms with Crippen LogP contribution in [0.25, 0.3) is 0 Å². The van der Waals surface area contributed by atoms with Gasteiger partial charge in [-0.05, 0) is 31.1 Å². The molecule has 2 aliphatic rings. The Balaban J connectivity index is 1.72. The van der Waals surface area contributed by atoms with Crippen LogP contribution in [-0.4, -0.2) is 34.6 Å². The van der Waals surface area contributed by atoms with Gasteiger partial charge in [-0.3, -0.25) is 5.43 Å². The highest BCUT2D eigenvalue weighted by Crippen LogP contribution is 2.37. The molecule has 2 heterocycles. The van der Waals surface area contributed by atoms with E-state index < -0.39 is 0 Å². The molecule has 21 heavy (non-hydrogen) atoms. The Hall–Kier alpha value is -1.63. The predicted molar refractivity (Wildman–Crippen MR) is 84.1 cm³/mol. The zero-order chi connectivity index (χ0) is 14.7. The van der Waals surface area contributed by atoms with E-state index in [1.54, 1.807) is 0 Å². The summed E-state index contributed by atoms with van der Waals surface area (Å²) in [5, 5.41) is 3.38. The molecule has 0 radical (unpaired) electrons. The second kappa shape index (κ2) is 6.01. The molecule has 3 rings (SSSR count). The number of rotatable bonds is 5. The van der Waals surface area contributed by atoms with Crippen molar-refractivity contribution in [1.82, 2.24) is 15.0 Å². The summed E-state index contributed by atoms with van der Waals surface area (Å²) in [5.41, 5.74) is 2.90. The van der Waals surface area contributed by atoms with Crippen molar-refractivity contribution in [3.05, 3.63) is 0 Å². The molecule has 7 nitrogen and oxygen atoms in total. The van der Waals surface area contributed by atoms with Gasteiger partial charge in [-0.1, -0.05) is 19.8 Å². The Labute approximate surface area is 125 Å². The number of hydrazine groups is 1. The molecule has 0 bridgehead atoms. The van der Waals surface area contributed by atoms with Gasteiger partial charge in [0.2, 0.25) is 17.8 Å². The molecule has 2 fully saturated rings. The third kappa shape index (κ3) is 3.34. The lowest BCUT2D eigenvalue weighted by Gasteiger charge is -2.24.